The minimum absolute atomic E-state index is 0.167. The van der Waals surface area contributed by atoms with Crippen molar-refractivity contribution in [2.24, 2.45) is 0 Å². The first-order valence-corrected chi connectivity index (χ1v) is 5.97. The number of carbonyl (C=O) groups excluding carboxylic acids is 1. The fourth-order valence-electron chi connectivity index (χ4n) is 1.91. The van der Waals surface area contributed by atoms with Crippen molar-refractivity contribution in [2.75, 3.05) is 6.61 Å². The van der Waals surface area contributed by atoms with Crippen LogP contribution in [0.5, 0.6) is 0 Å². The number of benzene rings is 1. The van der Waals surface area contributed by atoms with Gasteiger partial charge in [0, 0.05) is 0 Å². The Balaban J connectivity index is 2.05. The molecule has 1 aliphatic carbocycles. The predicted octanol–water partition coefficient (Wildman–Crippen LogP) is 2.29. The molecule has 1 aromatic rings. The first kappa shape index (κ1) is 13.1. The second-order valence-corrected chi connectivity index (χ2v) is 4.48. The number of hydrogen-bond donors (Lipinski definition) is 2. The quantitative estimate of drug-likeness (QED) is 0.797. The number of carboxylic acid groups (broad SMARTS) is 1. The number of hydrogen-bond acceptors (Lipinski definition) is 3. The zero-order chi connectivity index (χ0) is 13.9. The number of carbonyl (C=O) groups is 2. The van der Waals surface area contributed by atoms with Crippen LogP contribution in [-0.2, 0) is 10.3 Å². The molecule has 1 amide bonds. The molecule has 2 N–H and O–H groups in total. The molecule has 0 aromatic heterocycles. The van der Waals surface area contributed by atoms with Crippen molar-refractivity contribution in [1.29, 1.82) is 0 Å². The molecule has 2 rings (SSSR count). The molecule has 5 heteroatoms. The SMILES string of the molecule is C=CCOC(=O)NC1(c2ccc(C(=O)O)cc2)CC1. The van der Waals surface area contributed by atoms with Gasteiger partial charge in [0.25, 0.3) is 0 Å². The van der Waals surface area contributed by atoms with Crippen molar-refractivity contribution < 1.29 is 19.4 Å². The normalized spacial score (nSPS) is 15.4. The molecular formula is C14H15NO4. The summed E-state index contributed by atoms with van der Waals surface area (Å²) in [6.45, 7) is 3.64. The Morgan fingerprint density at radius 3 is 2.47 bits per heavy atom. The molecule has 19 heavy (non-hydrogen) atoms. The van der Waals surface area contributed by atoms with E-state index in [-0.39, 0.29) is 12.2 Å². The largest absolute Gasteiger partial charge is 0.478 e. The van der Waals surface area contributed by atoms with Gasteiger partial charge in [-0.05, 0) is 30.5 Å². The summed E-state index contributed by atoms with van der Waals surface area (Å²) in [5, 5.41) is 11.6. The minimum Gasteiger partial charge on any atom is -0.478 e. The lowest BCUT2D eigenvalue weighted by Crippen LogP contribution is -2.35. The summed E-state index contributed by atoms with van der Waals surface area (Å²) in [5.41, 5.74) is 0.719. The van der Waals surface area contributed by atoms with Crippen molar-refractivity contribution in [1.82, 2.24) is 5.32 Å². The lowest BCUT2D eigenvalue weighted by atomic mass is 10.0. The third kappa shape index (κ3) is 2.93. The highest BCUT2D eigenvalue weighted by Gasteiger charge is 2.46. The van der Waals surface area contributed by atoms with Gasteiger partial charge < -0.3 is 15.2 Å². The van der Waals surface area contributed by atoms with E-state index in [1.54, 1.807) is 12.1 Å². The molecule has 100 valence electrons. The van der Waals surface area contributed by atoms with Crippen LogP contribution in [0.2, 0.25) is 0 Å². The Morgan fingerprint density at radius 2 is 2.00 bits per heavy atom. The Kier molecular flexibility index (Phi) is 3.55. The summed E-state index contributed by atoms with van der Waals surface area (Å²) in [6, 6.07) is 6.53. The average molecular weight is 261 g/mol. The molecule has 0 saturated heterocycles. The first-order valence-electron chi connectivity index (χ1n) is 5.97. The van der Waals surface area contributed by atoms with Gasteiger partial charge in [-0.2, -0.15) is 0 Å². The van der Waals surface area contributed by atoms with Crippen LogP contribution < -0.4 is 5.32 Å². The molecular weight excluding hydrogens is 246 g/mol. The lowest BCUT2D eigenvalue weighted by Gasteiger charge is -2.17. The van der Waals surface area contributed by atoms with E-state index in [2.05, 4.69) is 11.9 Å². The molecule has 0 heterocycles. The summed E-state index contributed by atoms with van der Waals surface area (Å²) in [6.07, 6.45) is 2.66. The van der Waals surface area contributed by atoms with Gasteiger partial charge in [-0.25, -0.2) is 9.59 Å². The Labute approximate surface area is 110 Å². The van der Waals surface area contributed by atoms with Gasteiger partial charge >= 0.3 is 12.1 Å². The predicted molar refractivity (Wildman–Crippen MR) is 69.0 cm³/mol. The summed E-state index contributed by atoms with van der Waals surface area (Å²) in [4.78, 5) is 22.3. The van der Waals surface area contributed by atoms with Crippen molar-refractivity contribution in [3.8, 4) is 0 Å². The third-order valence-corrected chi connectivity index (χ3v) is 3.11. The highest BCUT2D eigenvalue weighted by Crippen LogP contribution is 2.45. The van der Waals surface area contributed by atoms with Crippen molar-refractivity contribution in [3.63, 3.8) is 0 Å². The number of alkyl carbamates (subject to hydrolysis) is 1. The molecule has 5 nitrogen and oxygen atoms in total. The monoisotopic (exact) mass is 261 g/mol. The fourth-order valence-corrected chi connectivity index (χ4v) is 1.91. The van der Waals surface area contributed by atoms with E-state index in [0.717, 1.165) is 18.4 Å². The second kappa shape index (κ2) is 5.14. The summed E-state index contributed by atoms with van der Waals surface area (Å²) < 4.78 is 4.89. The van der Waals surface area contributed by atoms with Crippen LogP contribution in [0, 0.1) is 0 Å². The maximum absolute atomic E-state index is 11.5. The smallest absolute Gasteiger partial charge is 0.408 e. The molecule has 0 aliphatic heterocycles. The van der Waals surface area contributed by atoms with Crippen LogP contribution in [0.4, 0.5) is 4.79 Å². The van der Waals surface area contributed by atoms with Crippen LogP contribution in [-0.4, -0.2) is 23.8 Å². The van der Waals surface area contributed by atoms with Gasteiger partial charge in [0.05, 0.1) is 11.1 Å². The van der Waals surface area contributed by atoms with E-state index >= 15 is 0 Å². The Morgan fingerprint density at radius 1 is 1.37 bits per heavy atom. The third-order valence-electron chi connectivity index (χ3n) is 3.11. The van der Waals surface area contributed by atoms with E-state index in [9.17, 15) is 9.59 Å². The molecule has 0 atom stereocenters. The van der Waals surface area contributed by atoms with E-state index in [0.29, 0.717) is 0 Å². The highest BCUT2D eigenvalue weighted by molar-refractivity contribution is 5.87. The molecule has 1 saturated carbocycles. The highest BCUT2D eigenvalue weighted by atomic mass is 16.5. The second-order valence-electron chi connectivity index (χ2n) is 4.48. The zero-order valence-electron chi connectivity index (χ0n) is 10.4. The van der Waals surface area contributed by atoms with E-state index in [1.165, 1.54) is 18.2 Å². The number of rotatable bonds is 5. The Bertz CT molecular complexity index is 503. The standard InChI is InChI=1S/C14H15NO4/c1-2-9-19-13(18)15-14(7-8-14)11-5-3-10(4-6-11)12(16)17/h2-6H,1,7-9H2,(H,15,18)(H,16,17). The molecule has 1 fully saturated rings. The van der Waals surface area contributed by atoms with E-state index in [1.807, 2.05) is 0 Å². The maximum atomic E-state index is 11.5. The average Bonchev–Trinajstić information content (AvgIpc) is 3.17. The molecule has 0 radical (unpaired) electrons. The summed E-state index contributed by atoms with van der Waals surface area (Å²) in [5.74, 6) is -0.963. The topological polar surface area (TPSA) is 75.6 Å². The lowest BCUT2D eigenvalue weighted by molar-refractivity contribution is 0.0696. The molecule has 1 aromatic carbocycles. The summed E-state index contributed by atoms with van der Waals surface area (Å²) in [7, 11) is 0. The van der Waals surface area contributed by atoms with Crippen LogP contribution >= 0.6 is 0 Å². The van der Waals surface area contributed by atoms with Crippen LogP contribution in [0.15, 0.2) is 36.9 Å². The van der Waals surface area contributed by atoms with Gasteiger partial charge in [0.2, 0.25) is 0 Å². The number of amides is 1. The van der Waals surface area contributed by atoms with Crippen LogP contribution in [0.25, 0.3) is 0 Å². The van der Waals surface area contributed by atoms with Gasteiger partial charge in [0.15, 0.2) is 0 Å². The first-order chi connectivity index (χ1) is 9.07. The number of aromatic carboxylic acids is 1. The van der Waals surface area contributed by atoms with Crippen molar-refractivity contribution in [3.05, 3.63) is 48.0 Å². The Hall–Kier alpha value is -2.30. The fraction of sp³-hybridized carbons (Fsp3) is 0.286. The molecule has 0 bridgehead atoms. The van der Waals surface area contributed by atoms with Crippen molar-refractivity contribution >= 4 is 12.1 Å². The van der Waals surface area contributed by atoms with Gasteiger partial charge in [-0.3, -0.25) is 0 Å². The molecule has 0 unspecified atom stereocenters. The van der Waals surface area contributed by atoms with Crippen LogP contribution in [0.3, 0.4) is 0 Å². The van der Waals surface area contributed by atoms with E-state index in [4.69, 9.17) is 9.84 Å². The van der Waals surface area contributed by atoms with E-state index < -0.39 is 17.6 Å². The van der Waals surface area contributed by atoms with Gasteiger partial charge in [-0.1, -0.05) is 24.8 Å². The minimum atomic E-state index is -0.963. The maximum Gasteiger partial charge on any atom is 0.408 e. The van der Waals surface area contributed by atoms with Crippen LogP contribution in [0.1, 0.15) is 28.8 Å². The number of nitrogens with one attached hydrogen (secondary N) is 1. The zero-order valence-corrected chi connectivity index (χ0v) is 10.4. The van der Waals surface area contributed by atoms with Crippen molar-refractivity contribution in [2.45, 2.75) is 18.4 Å². The van der Waals surface area contributed by atoms with Gasteiger partial charge in [-0.15, -0.1) is 0 Å². The molecule has 0 spiro atoms. The van der Waals surface area contributed by atoms with Gasteiger partial charge in [0.1, 0.15) is 6.61 Å². The number of ether oxygens (including phenoxy) is 1. The summed E-state index contributed by atoms with van der Waals surface area (Å²) >= 11 is 0. The molecule has 1 aliphatic rings. The number of carboxylic acids is 1.